The highest BCUT2D eigenvalue weighted by Crippen LogP contribution is 2.36. The highest BCUT2D eigenvalue weighted by atomic mass is 19.1. The Kier molecular flexibility index (Phi) is 6.49. The lowest BCUT2D eigenvalue weighted by molar-refractivity contribution is 0.136. The zero-order chi connectivity index (χ0) is 32.6. The molecule has 0 aliphatic carbocycles. The fourth-order valence-corrected chi connectivity index (χ4v) is 6.83. The average molecular weight is 641 g/mol. The van der Waals surface area contributed by atoms with Crippen molar-refractivity contribution >= 4 is 44.9 Å². The van der Waals surface area contributed by atoms with Crippen LogP contribution >= 0.6 is 0 Å². The number of halogens is 2. The van der Waals surface area contributed by atoms with Gasteiger partial charge in [-0.25, -0.2) is 28.3 Å². The molecule has 0 bridgehead atoms. The van der Waals surface area contributed by atoms with E-state index in [1.165, 1.54) is 0 Å². The number of carboxylic acid groups (broad SMARTS) is 2. The summed E-state index contributed by atoms with van der Waals surface area (Å²) in [5.41, 5.74) is 3.14. The number of imidazole rings is 2. The number of likely N-dealkylation sites (tertiary alicyclic amines) is 2. The molecule has 2 aliphatic heterocycles. The Morgan fingerprint density at radius 2 is 1.32 bits per heavy atom. The number of H-pyrrole nitrogens is 2. The summed E-state index contributed by atoms with van der Waals surface area (Å²) in [5, 5.41) is 21.2. The molecule has 3 aromatic heterocycles. The smallest absolute Gasteiger partial charge is 0.408 e. The number of aromatic amines is 2. The third-order valence-electron chi connectivity index (χ3n) is 9.09. The minimum atomic E-state index is -1.27. The van der Waals surface area contributed by atoms with Crippen LogP contribution in [0.1, 0.15) is 36.6 Å². The van der Waals surface area contributed by atoms with Gasteiger partial charge >= 0.3 is 12.2 Å². The maximum absolute atomic E-state index is 14.0. The van der Waals surface area contributed by atoms with Gasteiger partial charge < -0.3 is 24.6 Å². The second-order valence-corrected chi connectivity index (χ2v) is 11.9. The molecule has 0 radical (unpaired) electrons. The van der Waals surface area contributed by atoms with Crippen molar-refractivity contribution in [2.24, 2.45) is 0 Å². The molecule has 2 saturated heterocycles. The van der Waals surface area contributed by atoms with E-state index in [0.29, 0.717) is 55.9 Å². The quantitative estimate of drug-likeness (QED) is 0.127. The Balaban J connectivity index is 1.12. The molecule has 6 aromatic rings. The van der Waals surface area contributed by atoms with Crippen LogP contribution in [0.2, 0.25) is 0 Å². The largest absolute Gasteiger partial charge is 0.465 e. The van der Waals surface area contributed by atoms with Gasteiger partial charge in [0.1, 0.15) is 35.2 Å². The fourth-order valence-electron chi connectivity index (χ4n) is 6.83. The number of carbonyl (C=O) groups is 2. The summed E-state index contributed by atoms with van der Waals surface area (Å²) in [6.07, 6.45) is -1.76. The maximum atomic E-state index is 14.0. The van der Waals surface area contributed by atoms with Gasteiger partial charge in [-0.15, -0.1) is 0 Å². The first-order chi connectivity index (χ1) is 22.6. The van der Waals surface area contributed by atoms with E-state index in [9.17, 15) is 33.4 Å². The van der Waals surface area contributed by atoms with Gasteiger partial charge in [0.25, 0.3) is 0 Å². The summed E-state index contributed by atoms with van der Waals surface area (Å²) >= 11 is 0. The van der Waals surface area contributed by atoms with Crippen LogP contribution < -0.4 is 5.43 Å². The Morgan fingerprint density at radius 1 is 0.766 bits per heavy atom. The number of nitrogens with zero attached hydrogens (tertiary/aromatic N) is 4. The third kappa shape index (κ3) is 4.75. The molecule has 8 rings (SSSR count). The standard InChI is InChI=1S/C33H26F2N6O6/c34-18-9-24(40(13-18)32(43)44)30-36-11-22(38-30)16-1-4-20-15(7-16)3-6-26-28(20)29(42)21-5-2-17(8-27(21)47-26)23-12-37-31(39-23)25-10-19(35)14-41(25)33(45)46/h1-8,11-12,18-19,24-25H,9-10,13-14H2,(H,36,38)(H,37,39)(H,43,44)(H,45,46)/t18-,19+,24-,25-/m0/s1. The average Bonchev–Trinajstić information content (AvgIpc) is 3.86. The summed E-state index contributed by atoms with van der Waals surface area (Å²) in [6, 6.07) is 12.8. The molecule has 2 amide bonds. The van der Waals surface area contributed by atoms with Gasteiger partial charge in [0.05, 0.1) is 59.7 Å². The molecule has 14 heteroatoms. The van der Waals surface area contributed by atoms with Crippen molar-refractivity contribution in [1.82, 2.24) is 29.7 Å². The SMILES string of the molecule is O=C(O)N1C[C@H](F)C[C@H]1c1ncc(-c2ccc3c(=O)c4c(ccc5cc(-c6cnc([C@@H]7C[C@H](F)CN7C(=O)O)[nH]6)ccc54)oc3c2)[nH]1. The number of hydrogen-bond donors (Lipinski definition) is 4. The Morgan fingerprint density at radius 3 is 1.89 bits per heavy atom. The van der Waals surface area contributed by atoms with Gasteiger partial charge in [0.2, 0.25) is 5.43 Å². The monoisotopic (exact) mass is 640 g/mol. The molecule has 0 spiro atoms. The van der Waals surface area contributed by atoms with E-state index in [-0.39, 0.29) is 31.4 Å². The summed E-state index contributed by atoms with van der Waals surface area (Å²) in [7, 11) is 0. The Bertz CT molecular complexity index is 2300. The van der Waals surface area contributed by atoms with Crippen molar-refractivity contribution in [2.75, 3.05) is 13.1 Å². The number of fused-ring (bicyclic) bond motifs is 4. The van der Waals surface area contributed by atoms with E-state index in [2.05, 4.69) is 19.9 Å². The number of rotatable bonds is 4. The normalized spacial score (nSPS) is 21.4. The molecule has 2 fully saturated rings. The summed E-state index contributed by atoms with van der Waals surface area (Å²) in [5.74, 6) is 0.710. The Hall–Kier alpha value is -5.79. The molecular weight excluding hydrogens is 614 g/mol. The van der Waals surface area contributed by atoms with E-state index >= 15 is 0 Å². The second-order valence-electron chi connectivity index (χ2n) is 11.9. The number of alkyl halides is 2. The van der Waals surface area contributed by atoms with E-state index in [0.717, 1.165) is 20.7 Å². The first kappa shape index (κ1) is 28.7. The molecule has 4 N–H and O–H groups in total. The van der Waals surface area contributed by atoms with Crippen LogP contribution in [0.15, 0.2) is 70.1 Å². The van der Waals surface area contributed by atoms with Gasteiger partial charge in [-0.2, -0.15) is 0 Å². The van der Waals surface area contributed by atoms with Gasteiger partial charge in [-0.1, -0.05) is 24.3 Å². The number of nitrogens with one attached hydrogen (secondary N) is 2. The number of hydrogen-bond acceptors (Lipinski definition) is 6. The van der Waals surface area contributed by atoms with Crippen molar-refractivity contribution in [3.63, 3.8) is 0 Å². The van der Waals surface area contributed by atoms with Crippen molar-refractivity contribution in [3.8, 4) is 22.5 Å². The second kappa shape index (κ2) is 10.6. The van der Waals surface area contributed by atoms with Crippen LogP contribution in [-0.2, 0) is 0 Å². The van der Waals surface area contributed by atoms with E-state index in [4.69, 9.17) is 4.42 Å². The molecule has 47 heavy (non-hydrogen) atoms. The van der Waals surface area contributed by atoms with Crippen LogP contribution in [-0.4, -0.2) is 77.6 Å². The summed E-state index contributed by atoms with van der Waals surface area (Å²) < 4.78 is 34.2. The van der Waals surface area contributed by atoms with Gasteiger partial charge in [-0.3, -0.25) is 14.6 Å². The molecule has 4 atom stereocenters. The highest BCUT2D eigenvalue weighted by molar-refractivity contribution is 6.09. The molecule has 12 nitrogen and oxygen atoms in total. The molecule has 0 unspecified atom stereocenters. The lowest BCUT2D eigenvalue weighted by atomic mass is 10.0. The topological polar surface area (TPSA) is 169 Å². The molecule has 0 saturated carbocycles. The number of amides is 2. The van der Waals surface area contributed by atoms with E-state index in [1.807, 2.05) is 24.3 Å². The van der Waals surface area contributed by atoms with Crippen LogP contribution in [0.3, 0.4) is 0 Å². The predicted octanol–water partition coefficient (Wildman–Crippen LogP) is 6.41. The van der Waals surface area contributed by atoms with Crippen LogP contribution in [0.4, 0.5) is 18.4 Å². The minimum Gasteiger partial charge on any atom is -0.465 e. The van der Waals surface area contributed by atoms with Gasteiger partial charge in [0.15, 0.2) is 0 Å². The summed E-state index contributed by atoms with van der Waals surface area (Å²) in [6.45, 7) is -0.405. The van der Waals surface area contributed by atoms with Gasteiger partial charge in [0, 0.05) is 24.0 Å². The number of benzene rings is 3. The first-order valence-electron chi connectivity index (χ1n) is 15.0. The molecule has 238 valence electrons. The number of aromatic nitrogens is 4. The van der Waals surface area contributed by atoms with Crippen LogP contribution in [0.25, 0.3) is 55.2 Å². The zero-order valence-electron chi connectivity index (χ0n) is 24.5. The molecule has 5 heterocycles. The van der Waals surface area contributed by atoms with Crippen molar-refractivity contribution in [3.05, 3.63) is 82.8 Å². The Labute approximate surface area is 263 Å². The highest BCUT2D eigenvalue weighted by Gasteiger charge is 2.39. The van der Waals surface area contributed by atoms with E-state index in [1.54, 1.807) is 36.7 Å². The summed E-state index contributed by atoms with van der Waals surface area (Å²) in [4.78, 5) is 54.0. The molecular formula is C33H26F2N6O6. The van der Waals surface area contributed by atoms with Crippen LogP contribution in [0.5, 0.6) is 0 Å². The fraction of sp³-hybridized carbons (Fsp3) is 0.242. The lowest BCUT2D eigenvalue weighted by Gasteiger charge is -2.18. The van der Waals surface area contributed by atoms with Crippen molar-refractivity contribution < 1.29 is 33.0 Å². The maximum Gasteiger partial charge on any atom is 0.408 e. The predicted molar refractivity (Wildman–Crippen MR) is 167 cm³/mol. The zero-order valence-corrected chi connectivity index (χ0v) is 24.5. The first-order valence-corrected chi connectivity index (χ1v) is 15.0. The lowest BCUT2D eigenvalue weighted by Crippen LogP contribution is -2.30. The molecule has 3 aromatic carbocycles. The minimum absolute atomic E-state index is 0.0169. The van der Waals surface area contributed by atoms with Crippen molar-refractivity contribution in [1.29, 1.82) is 0 Å². The van der Waals surface area contributed by atoms with Gasteiger partial charge in [-0.05, 0) is 35.0 Å². The molecule has 2 aliphatic rings. The third-order valence-corrected chi connectivity index (χ3v) is 9.09. The van der Waals surface area contributed by atoms with E-state index < -0.39 is 36.6 Å². The van der Waals surface area contributed by atoms with Crippen LogP contribution in [0, 0.1) is 0 Å². The van der Waals surface area contributed by atoms with Crippen molar-refractivity contribution in [2.45, 2.75) is 37.3 Å².